The second-order valence-electron chi connectivity index (χ2n) is 9.59. The molecule has 4 heteroatoms. The van der Waals surface area contributed by atoms with Crippen molar-refractivity contribution < 1.29 is 9.13 Å². The molecule has 1 fully saturated rings. The van der Waals surface area contributed by atoms with E-state index < -0.39 is 0 Å². The van der Waals surface area contributed by atoms with E-state index in [1.807, 2.05) is 18.2 Å². The molecule has 177 valence electrons. The van der Waals surface area contributed by atoms with Gasteiger partial charge in [-0.05, 0) is 86.0 Å². The van der Waals surface area contributed by atoms with Crippen molar-refractivity contribution in [3.8, 4) is 5.75 Å². The van der Waals surface area contributed by atoms with Crippen LogP contribution in [0.3, 0.4) is 0 Å². The van der Waals surface area contributed by atoms with E-state index in [-0.39, 0.29) is 17.9 Å². The molecule has 0 bridgehead atoms. The molecule has 0 spiro atoms. The Balaban J connectivity index is 1.26. The highest BCUT2D eigenvalue weighted by molar-refractivity contribution is 5.35. The van der Waals surface area contributed by atoms with Crippen LogP contribution in [0.25, 0.3) is 0 Å². The number of ether oxygens (including phenoxy) is 1. The van der Waals surface area contributed by atoms with Gasteiger partial charge in [0.15, 0.2) is 0 Å². The van der Waals surface area contributed by atoms with Gasteiger partial charge in [-0.15, -0.1) is 0 Å². The lowest BCUT2D eigenvalue weighted by molar-refractivity contribution is 0.268. The average molecular weight is 458 g/mol. The van der Waals surface area contributed by atoms with Gasteiger partial charge in [-0.2, -0.15) is 0 Å². The van der Waals surface area contributed by atoms with Crippen LogP contribution in [-0.4, -0.2) is 19.2 Å². The van der Waals surface area contributed by atoms with Crippen LogP contribution in [0.15, 0.2) is 66.7 Å². The standard InChI is InChI=1S/C30H34FN2O/c31-28-11-4-3-10-27(28)29-17-14-23-7-1-2-9-26(23)30(33-29)21-22-12-15-25(16-13-22)34-20-18-24-8-5-6-19-32-24/h2-4,7,9-13,15-16,24,29-30,32-33H,5-6,8,14,17-21H2. The van der Waals surface area contributed by atoms with Gasteiger partial charge in [0.05, 0.1) is 6.61 Å². The fraction of sp³-hybridized carbons (Fsp3) is 0.400. The first-order valence-corrected chi connectivity index (χ1v) is 12.7. The van der Waals surface area contributed by atoms with Gasteiger partial charge in [-0.1, -0.05) is 55.0 Å². The predicted molar refractivity (Wildman–Crippen MR) is 135 cm³/mol. The molecule has 2 aliphatic heterocycles. The summed E-state index contributed by atoms with van der Waals surface area (Å²) in [5, 5.41) is 7.35. The number of halogens is 1. The fourth-order valence-electron chi connectivity index (χ4n) is 5.37. The molecule has 2 heterocycles. The number of hydrogen-bond acceptors (Lipinski definition) is 3. The molecule has 2 N–H and O–H groups in total. The van der Waals surface area contributed by atoms with Crippen molar-refractivity contribution in [1.29, 1.82) is 0 Å². The van der Waals surface area contributed by atoms with Crippen LogP contribution < -0.4 is 15.4 Å². The topological polar surface area (TPSA) is 33.3 Å². The summed E-state index contributed by atoms with van der Waals surface area (Å²) >= 11 is 0. The minimum absolute atomic E-state index is 0.0189. The Morgan fingerprint density at radius 1 is 0.971 bits per heavy atom. The summed E-state index contributed by atoms with van der Waals surface area (Å²) in [4.78, 5) is 0. The zero-order chi connectivity index (χ0) is 23.2. The minimum Gasteiger partial charge on any atom is -0.494 e. The Morgan fingerprint density at radius 2 is 1.85 bits per heavy atom. The molecular weight excluding hydrogens is 423 g/mol. The van der Waals surface area contributed by atoms with E-state index in [9.17, 15) is 4.39 Å². The molecule has 3 nitrogen and oxygen atoms in total. The Morgan fingerprint density at radius 3 is 2.68 bits per heavy atom. The number of aryl methyl sites for hydroxylation is 1. The fourth-order valence-corrected chi connectivity index (χ4v) is 5.37. The monoisotopic (exact) mass is 457 g/mol. The Kier molecular flexibility index (Phi) is 7.57. The highest BCUT2D eigenvalue weighted by Gasteiger charge is 2.26. The summed E-state index contributed by atoms with van der Waals surface area (Å²) in [5.41, 5.74) is 4.58. The van der Waals surface area contributed by atoms with Crippen molar-refractivity contribution in [2.75, 3.05) is 13.2 Å². The summed E-state index contributed by atoms with van der Waals surface area (Å²) in [7, 11) is 0. The third-order valence-corrected chi connectivity index (χ3v) is 7.26. The van der Waals surface area contributed by atoms with Crippen LogP contribution in [0.1, 0.15) is 66.4 Å². The number of benzene rings is 3. The van der Waals surface area contributed by atoms with Crippen molar-refractivity contribution in [1.82, 2.24) is 10.6 Å². The highest BCUT2D eigenvalue weighted by atomic mass is 19.1. The third kappa shape index (κ3) is 5.68. The van der Waals surface area contributed by atoms with E-state index >= 15 is 0 Å². The zero-order valence-electron chi connectivity index (χ0n) is 19.7. The van der Waals surface area contributed by atoms with Crippen molar-refractivity contribution in [3.63, 3.8) is 0 Å². The zero-order valence-corrected chi connectivity index (χ0v) is 19.7. The van der Waals surface area contributed by atoms with Crippen molar-refractivity contribution in [2.45, 2.75) is 63.1 Å². The van der Waals surface area contributed by atoms with Crippen molar-refractivity contribution in [3.05, 3.63) is 101 Å². The molecule has 5 rings (SSSR count). The second kappa shape index (κ2) is 11.2. The normalized spacial score (nSPS) is 22.6. The van der Waals surface area contributed by atoms with Crippen LogP contribution in [0.5, 0.6) is 5.75 Å². The number of hydrogen-bond donors (Lipinski definition) is 2. The molecule has 2 aliphatic rings. The lowest BCUT2D eigenvalue weighted by atomic mass is 9.94. The Labute approximate surface area is 202 Å². The molecule has 1 radical (unpaired) electrons. The van der Waals surface area contributed by atoms with Crippen molar-refractivity contribution >= 4 is 0 Å². The molecule has 34 heavy (non-hydrogen) atoms. The lowest BCUT2D eigenvalue weighted by Crippen LogP contribution is -2.35. The molecule has 3 unspecified atom stereocenters. The van der Waals surface area contributed by atoms with E-state index in [0.717, 1.165) is 50.1 Å². The van der Waals surface area contributed by atoms with Crippen LogP contribution in [-0.2, 0) is 12.8 Å². The first-order chi connectivity index (χ1) is 16.8. The molecular formula is C30H34FN2O. The van der Waals surface area contributed by atoms with Crippen LogP contribution >= 0.6 is 0 Å². The van der Waals surface area contributed by atoms with E-state index in [4.69, 9.17) is 4.74 Å². The molecule has 3 aromatic carbocycles. The van der Waals surface area contributed by atoms with Gasteiger partial charge in [0, 0.05) is 23.7 Å². The summed E-state index contributed by atoms with van der Waals surface area (Å²) < 4.78 is 20.6. The molecule has 0 aromatic heterocycles. The minimum atomic E-state index is -0.138. The number of piperidine rings is 1. The molecule has 0 amide bonds. The lowest BCUT2D eigenvalue weighted by Gasteiger charge is -2.25. The van der Waals surface area contributed by atoms with E-state index in [1.54, 1.807) is 12.1 Å². The van der Waals surface area contributed by atoms with Crippen molar-refractivity contribution in [2.24, 2.45) is 0 Å². The van der Waals surface area contributed by atoms with Gasteiger partial charge >= 0.3 is 0 Å². The Hall–Kier alpha value is -2.69. The maximum Gasteiger partial charge on any atom is 0.127 e. The maximum absolute atomic E-state index is 14.6. The predicted octanol–water partition coefficient (Wildman–Crippen LogP) is 6.10. The molecule has 3 atom stereocenters. The average Bonchev–Trinajstić information content (AvgIpc) is 3.06. The molecule has 0 saturated carbocycles. The van der Waals surface area contributed by atoms with E-state index in [1.165, 1.54) is 36.0 Å². The van der Waals surface area contributed by atoms with Gasteiger partial charge in [0.1, 0.15) is 11.6 Å². The van der Waals surface area contributed by atoms with Gasteiger partial charge in [-0.25, -0.2) is 4.39 Å². The van der Waals surface area contributed by atoms with Gasteiger partial charge in [-0.3, -0.25) is 0 Å². The maximum atomic E-state index is 14.6. The molecule has 1 saturated heterocycles. The van der Waals surface area contributed by atoms with Gasteiger partial charge < -0.3 is 15.4 Å². The summed E-state index contributed by atoms with van der Waals surface area (Å²) in [6.45, 7) is 1.88. The van der Waals surface area contributed by atoms with Crippen LogP contribution in [0.4, 0.5) is 4.39 Å². The highest BCUT2D eigenvalue weighted by Crippen LogP contribution is 2.33. The second-order valence-corrected chi connectivity index (χ2v) is 9.59. The number of rotatable bonds is 7. The van der Waals surface area contributed by atoms with Gasteiger partial charge in [0.25, 0.3) is 0 Å². The quantitative estimate of drug-likeness (QED) is 0.450. The van der Waals surface area contributed by atoms with E-state index in [0.29, 0.717) is 6.04 Å². The van der Waals surface area contributed by atoms with Gasteiger partial charge in [0.2, 0.25) is 0 Å². The smallest absolute Gasteiger partial charge is 0.127 e. The SMILES string of the molecule is Fc1ccccc1C1CCc2c[c]ccc2C(Cc2ccc(OCCC3CCCCN3)cc2)N1. The molecule has 3 aromatic rings. The van der Waals surface area contributed by atoms with Crippen LogP contribution in [0.2, 0.25) is 0 Å². The first kappa shape index (κ1) is 23.1. The summed E-state index contributed by atoms with van der Waals surface area (Å²) in [5.74, 6) is 0.786. The van der Waals surface area contributed by atoms with E-state index in [2.05, 4.69) is 53.1 Å². The Bertz CT molecular complexity index is 1060. The largest absolute Gasteiger partial charge is 0.494 e. The summed E-state index contributed by atoms with van der Waals surface area (Å²) in [6, 6.07) is 25.8. The number of fused-ring (bicyclic) bond motifs is 1. The first-order valence-electron chi connectivity index (χ1n) is 12.7. The van der Waals surface area contributed by atoms with Crippen LogP contribution in [0, 0.1) is 11.9 Å². The molecule has 0 aliphatic carbocycles. The number of nitrogens with one attached hydrogen (secondary N) is 2. The summed E-state index contributed by atoms with van der Waals surface area (Å²) in [6.07, 6.45) is 7.54. The third-order valence-electron chi connectivity index (χ3n) is 7.26.